The lowest BCUT2D eigenvalue weighted by molar-refractivity contribution is -0.231. The maximum atomic E-state index is 15.5. The van der Waals surface area contributed by atoms with E-state index in [9.17, 15) is 20.4 Å². The van der Waals surface area contributed by atoms with Crippen molar-refractivity contribution >= 4 is 11.6 Å². The van der Waals surface area contributed by atoms with Crippen LogP contribution >= 0.6 is 11.6 Å². The van der Waals surface area contributed by atoms with Gasteiger partial charge in [-0.3, -0.25) is 0 Å². The minimum atomic E-state index is -3.50. The molecule has 0 bridgehead atoms. The first-order chi connectivity index (χ1) is 16.7. The number of benzene rings is 2. The number of rotatable bonds is 11. The van der Waals surface area contributed by atoms with Crippen LogP contribution in [0.25, 0.3) is 0 Å². The van der Waals surface area contributed by atoms with Crippen molar-refractivity contribution < 1.29 is 43.4 Å². The van der Waals surface area contributed by atoms with Crippen molar-refractivity contribution in [2.75, 3.05) is 26.4 Å². The summed E-state index contributed by atoms with van der Waals surface area (Å²) in [6, 6.07) is 9.07. The summed E-state index contributed by atoms with van der Waals surface area (Å²) in [6.45, 7) is 2.78. The maximum Gasteiger partial charge on any atom is 0.299 e. The Hall–Kier alpha value is -1.85. The SMILES string of the molecule is CCCCOCCOc1ccc(C(F)(F)c2cc([C@@H]3O[C@H](CO)[C@@H](O)[C@H](O)[C@H]3O)ccc2Cl)cc1. The van der Waals surface area contributed by atoms with Crippen LogP contribution in [0.4, 0.5) is 8.78 Å². The lowest BCUT2D eigenvalue weighted by atomic mass is 9.89. The average molecular weight is 517 g/mol. The van der Waals surface area contributed by atoms with E-state index in [2.05, 4.69) is 6.92 Å². The first kappa shape index (κ1) is 27.7. The molecule has 0 spiro atoms. The van der Waals surface area contributed by atoms with Gasteiger partial charge in [0.15, 0.2) is 0 Å². The van der Waals surface area contributed by atoms with Crippen molar-refractivity contribution in [2.45, 2.75) is 56.2 Å². The zero-order chi connectivity index (χ0) is 25.6. The van der Waals surface area contributed by atoms with Crippen molar-refractivity contribution in [2.24, 2.45) is 0 Å². The highest BCUT2D eigenvalue weighted by molar-refractivity contribution is 6.31. The fraction of sp³-hybridized carbons (Fsp3) is 0.520. The third kappa shape index (κ3) is 6.48. The Labute approximate surface area is 207 Å². The minimum absolute atomic E-state index is 0.115. The van der Waals surface area contributed by atoms with Crippen LogP contribution in [-0.2, 0) is 15.4 Å². The molecule has 0 unspecified atom stereocenters. The summed E-state index contributed by atoms with van der Waals surface area (Å²) >= 11 is 6.11. The molecule has 35 heavy (non-hydrogen) atoms. The maximum absolute atomic E-state index is 15.5. The Morgan fingerprint density at radius 1 is 0.971 bits per heavy atom. The van der Waals surface area contributed by atoms with Gasteiger partial charge in [0.05, 0.1) is 18.2 Å². The lowest BCUT2D eigenvalue weighted by Gasteiger charge is -2.40. The number of ether oxygens (including phenoxy) is 3. The van der Waals surface area contributed by atoms with Gasteiger partial charge < -0.3 is 34.6 Å². The number of hydrogen-bond donors (Lipinski definition) is 4. The van der Waals surface area contributed by atoms with Crippen molar-refractivity contribution in [1.29, 1.82) is 0 Å². The summed E-state index contributed by atoms with van der Waals surface area (Å²) in [5.74, 6) is -3.08. The predicted octanol–water partition coefficient (Wildman–Crippen LogP) is 3.19. The van der Waals surface area contributed by atoms with E-state index < -0.39 is 48.6 Å². The van der Waals surface area contributed by atoms with Crippen LogP contribution < -0.4 is 4.74 Å². The second-order valence-electron chi connectivity index (χ2n) is 8.40. The Bertz CT molecular complexity index is 942. The highest BCUT2D eigenvalue weighted by Gasteiger charge is 2.45. The molecule has 7 nitrogen and oxygen atoms in total. The van der Waals surface area contributed by atoms with Crippen molar-refractivity contribution in [3.8, 4) is 5.75 Å². The van der Waals surface area contributed by atoms with Crippen LogP contribution in [0.1, 0.15) is 42.6 Å². The van der Waals surface area contributed by atoms with Crippen LogP contribution in [0.15, 0.2) is 42.5 Å². The van der Waals surface area contributed by atoms with E-state index in [0.717, 1.165) is 18.9 Å². The zero-order valence-electron chi connectivity index (χ0n) is 19.3. The predicted molar refractivity (Wildman–Crippen MR) is 125 cm³/mol. The Kier molecular flexibility index (Phi) is 9.83. The normalized spacial score (nSPS) is 25.0. The number of hydrogen-bond acceptors (Lipinski definition) is 7. The molecule has 2 aromatic rings. The molecule has 3 rings (SSSR count). The standard InChI is InChI=1S/C25H31ClF2O7/c1-2-3-10-33-11-12-34-17-7-5-16(6-8-17)25(27,28)18-13-15(4-9-19(18)26)24-23(32)22(31)21(30)20(14-29)35-24/h4-9,13,20-24,29-32H,2-3,10-12,14H2,1H3/t20-,21-,22+,23-,24+/m1/s1. The van der Waals surface area contributed by atoms with Crippen molar-refractivity contribution in [1.82, 2.24) is 0 Å². The molecule has 1 saturated heterocycles. The summed E-state index contributed by atoms with van der Waals surface area (Å²) in [6.07, 6.45) is -5.21. The first-order valence-electron chi connectivity index (χ1n) is 11.5. The molecule has 10 heteroatoms. The van der Waals surface area contributed by atoms with E-state index >= 15 is 8.78 Å². The molecule has 194 valence electrons. The molecular weight excluding hydrogens is 486 g/mol. The van der Waals surface area contributed by atoms with Gasteiger partial charge in [0.25, 0.3) is 5.92 Å². The zero-order valence-corrected chi connectivity index (χ0v) is 20.1. The van der Waals surface area contributed by atoms with Gasteiger partial charge in [-0.05, 0) is 48.4 Å². The Morgan fingerprint density at radius 2 is 1.69 bits per heavy atom. The molecule has 1 aliphatic heterocycles. The Morgan fingerprint density at radius 3 is 2.34 bits per heavy atom. The van der Waals surface area contributed by atoms with E-state index in [-0.39, 0.29) is 16.1 Å². The van der Waals surface area contributed by atoms with Crippen LogP contribution in [0.5, 0.6) is 5.75 Å². The summed E-state index contributed by atoms with van der Waals surface area (Å²) in [4.78, 5) is 0. The average Bonchev–Trinajstić information content (AvgIpc) is 2.85. The molecule has 0 saturated carbocycles. The van der Waals surface area contributed by atoms with E-state index in [1.807, 2.05) is 0 Å². The van der Waals surface area contributed by atoms with Gasteiger partial charge in [-0.2, -0.15) is 8.78 Å². The van der Waals surface area contributed by atoms with Gasteiger partial charge in [-0.25, -0.2) is 0 Å². The summed E-state index contributed by atoms with van der Waals surface area (Å²) in [5, 5.41) is 39.6. The topological polar surface area (TPSA) is 109 Å². The number of aliphatic hydroxyl groups is 4. The fourth-order valence-electron chi connectivity index (χ4n) is 3.82. The molecule has 0 amide bonds. The second-order valence-corrected chi connectivity index (χ2v) is 8.81. The smallest absolute Gasteiger partial charge is 0.299 e. The van der Waals surface area contributed by atoms with Crippen LogP contribution in [0.2, 0.25) is 5.02 Å². The molecule has 1 aliphatic rings. The third-order valence-electron chi connectivity index (χ3n) is 5.90. The van der Waals surface area contributed by atoms with Gasteiger partial charge in [0.2, 0.25) is 0 Å². The van der Waals surface area contributed by atoms with Gasteiger partial charge in [0.1, 0.15) is 42.9 Å². The van der Waals surface area contributed by atoms with Crippen molar-refractivity contribution in [3.05, 3.63) is 64.2 Å². The molecule has 5 atom stereocenters. The van der Waals surface area contributed by atoms with E-state index in [1.165, 1.54) is 36.4 Å². The van der Waals surface area contributed by atoms with E-state index in [4.69, 9.17) is 25.8 Å². The van der Waals surface area contributed by atoms with Gasteiger partial charge in [0, 0.05) is 17.7 Å². The molecule has 4 N–H and O–H groups in total. The minimum Gasteiger partial charge on any atom is -0.491 e. The quantitative estimate of drug-likeness (QED) is 0.340. The number of unbranched alkanes of at least 4 members (excludes halogenated alkanes) is 1. The van der Waals surface area contributed by atoms with Crippen LogP contribution in [0.3, 0.4) is 0 Å². The summed E-state index contributed by atoms with van der Waals surface area (Å²) in [5.41, 5.74) is -0.729. The Balaban J connectivity index is 1.76. The largest absolute Gasteiger partial charge is 0.491 e. The number of alkyl halides is 2. The van der Waals surface area contributed by atoms with E-state index in [1.54, 1.807) is 0 Å². The molecule has 0 aromatic heterocycles. The number of halogens is 3. The monoisotopic (exact) mass is 516 g/mol. The van der Waals surface area contributed by atoms with Gasteiger partial charge in [-0.15, -0.1) is 0 Å². The highest BCUT2D eigenvalue weighted by Crippen LogP contribution is 2.42. The third-order valence-corrected chi connectivity index (χ3v) is 6.23. The van der Waals surface area contributed by atoms with E-state index in [0.29, 0.717) is 25.6 Å². The lowest BCUT2D eigenvalue weighted by Crippen LogP contribution is -2.55. The molecule has 1 heterocycles. The van der Waals surface area contributed by atoms with Gasteiger partial charge >= 0.3 is 0 Å². The molecule has 2 aromatic carbocycles. The molecule has 0 radical (unpaired) electrons. The fourth-order valence-corrected chi connectivity index (χ4v) is 4.06. The molecular formula is C25H31ClF2O7. The van der Waals surface area contributed by atoms with Crippen LogP contribution in [0, 0.1) is 0 Å². The van der Waals surface area contributed by atoms with Crippen molar-refractivity contribution in [3.63, 3.8) is 0 Å². The summed E-state index contributed by atoms with van der Waals surface area (Å²) in [7, 11) is 0. The molecule has 1 fully saturated rings. The second kappa shape index (κ2) is 12.4. The number of aliphatic hydroxyl groups excluding tert-OH is 4. The first-order valence-corrected chi connectivity index (χ1v) is 11.9. The van der Waals surface area contributed by atoms with Crippen LogP contribution in [-0.4, -0.2) is 71.3 Å². The molecule has 0 aliphatic carbocycles. The summed E-state index contributed by atoms with van der Waals surface area (Å²) < 4.78 is 47.3. The highest BCUT2D eigenvalue weighted by atomic mass is 35.5. The van der Waals surface area contributed by atoms with Gasteiger partial charge in [-0.1, -0.05) is 31.0 Å².